The predicted molar refractivity (Wildman–Crippen MR) is 68.5 cm³/mol. The van der Waals surface area contributed by atoms with Gasteiger partial charge in [0.25, 0.3) is 0 Å². The number of halogens is 2. The largest absolute Gasteiger partial charge is 0.395 e. The van der Waals surface area contributed by atoms with E-state index in [9.17, 15) is 0 Å². The standard InChI is InChI=1S/C11H16Cl2N2O2/c1-17-5-3-15(2-4-16)8-9-6-10(12)14-11(13)7-9/h6-7,16H,2-5,8H2,1H3. The number of hydrogen-bond donors (Lipinski definition) is 1. The third kappa shape index (κ3) is 5.66. The van der Waals surface area contributed by atoms with Crippen molar-refractivity contribution in [3.8, 4) is 0 Å². The molecule has 0 fully saturated rings. The molecular formula is C11H16Cl2N2O2. The van der Waals surface area contributed by atoms with Crippen LogP contribution in [0.15, 0.2) is 12.1 Å². The first kappa shape index (κ1) is 14.7. The molecule has 0 bridgehead atoms. The fourth-order valence-electron chi connectivity index (χ4n) is 1.50. The fourth-order valence-corrected chi connectivity index (χ4v) is 2.00. The van der Waals surface area contributed by atoms with Gasteiger partial charge in [-0.1, -0.05) is 23.2 Å². The summed E-state index contributed by atoms with van der Waals surface area (Å²) in [5, 5.41) is 9.73. The number of aliphatic hydroxyl groups is 1. The Morgan fingerprint density at radius 2 is 1.94 bits per heavy atom. The number of ether oxygens (including phenoxy) is 1. The van der Waals surface area contributed by atoms with E-state index < -0.39 is 0 Å². The van der Waals surface area contributed by atoms with E-state index in [-0.39, 0.29) is 6.61 Å². The lowest BCUT2D eigenvalue weighted by molar-refractivity contribution is 0.127. The molecule has 1 heterocycles. The molecule has 0 aliphatic heterocycles. The van der Waals surface area contributed by atoms with Crippen LogP contribution >= 0.6 is 23.2 Å². The lowest BCUT2D eigenvalue weighted by Crippen LogP contribution is -2.29. The van der Waals surface area contributed by atoms with Gasteiger partial charge in [0.05, 0.1) is 13.2 Å². The minimum Gasteiger partial charge on any atom is -0.395 e. The number of aliphatic hydroxyl groups excluding tert-OH is 1. The van der Waals surface area contributed by atoms with Gasteiger partial charge in [-0.2, -0.15) is 0 Å². The highest BCUT2D eigenvalue weighted by Gasteiger charge is 2.07. The molecule has 4 nitrogen and oxygen atoms in total. The lowest BCUT2D eigenvalue weighted by Gasteiger charge is -2.20. The minimum absolute atomic E-state index is 0.107. The highest BCUT2D eigenvalue weighted by Crippen LogP contribution is 2.16. The number of hydrogen-bond acceptors (Lipinski definition) is 4. The van der Waals surface area contributed by atoms with E-state index in [1.807, 2.05) is 0 Å². The summed E-state index contributed by atoms with van der Waals surface area (Å²) in [6.45, 7) is 2.71. The number of nitrogens with zero attached hydrogens (tertiary/aromatic N) is 2. The summed E-state index contributed by atoms with van der Waals surface area (Å²) in [7, 11) is 1.65. The summed E-state index contributed by atoms with van der Waals surface area (Å²) in [5.41, 5.74) is 0.972. The minimum atomic E-state index is 0.107. The first-order valence-electron chi connectivity index (χ1n) is 5.30. The van der Waals surface area contributed by atoms with Crippen molar-refractivity contribution in [1.29, 1.82) is 0 Å². The maximum Gasteiger partial charge on any atom is 0.131 e. The van der Waals surface area contributed by atoms with Gasteiger partial charge in [0, 0.05) is 26.7 Å². The van der Waals surface area contributed by atoms with Crippen molar-refractivity contribution in [3.05, 3.63) is 28.0 Å². The molecule has 0 amide bonds. The van der Waals surface area contributed by atoms with Gasteiger partial charge < -0.3 is 9.84 Å². The summed E-state index contributed by atoms with van der Waals surface area (Å²) in [6, 6.07) is 3.54. The first-order chi connectivity index (χ1) is 8.15. The molecule has 0 radical (unpaired) electrons. The lowest BCUT2D eigenvalue weighted by atomic mass is 10.2. The van der Waals surface area contributed by atoms with E-state index in [1.54, 1.807) is 19.2 Å². The third-order valence-corrected chi connectivity index (χ3v) is 2.64. The first-order valence-corrected chi connectivity index (χ1v) is 6.05. The second kappa shape index (κ2) is 7.84. The highest BCUT2D eigenvalue weighted by atomic mass is 35.5. The van der Waals surface area contributed by atoms with Crippen molar-refractivity contribution in [3.63, 3.8) is 0 Å². The smallest absolute Gasteiger partial charge is 0.131 e. The van der Waals surface area contributed by atoms with Crippen LogP contribution in [-0.2, 0) is 11.3 Å². The maximum absolute atomic E-state index is 8.98. The molecule has 96 valence electrons. The van der Waals surface area contributed by atoms with E-state index in [2.05, 4.69) is 9.88 Å². The number of aromatic nitrogens is 1. The van der Waals surface area contributed by atoms with Crippen LogP contribution in [0.1, 0.15) is 5.56 Å². The Balaban J connectivity index is 2.63. The molecule has 17 heavy (non-hydrogen) atoms. The Morgan fingerprint density at radius 1 is 1.29 bits per heavy atom. The van der Waals surface area contributed by atoms with E-state index in [0.717, 1.165) is 12.1 Å². The van der Waals surface area contributed by atoms with E-state index in [1.165, 1.54) is 0 Å². The zero-order valence-corrected chi connectivity index (χ0v) is 11.2. The van der Waals surface area contributed by atoms with Crippen molar-refractivity contribution in [1.82, 2.24) is 9.88 Å². The van der Waals surface area contributed by atoms with Gasteiger partial charge in [0.1, 0.15) is 10.3 Å². The average Bonchev–Trinajstić information content (AvgIpc) is 2.24. The molecule has 0 aromatic carbocycles. The van der Waals surface area contributed by atoms with Crippen molar-refractivity contribution >= 4 is 23.2 Å². The molecule has 0 saturated heterocycles. The van der Waals surface area contributed by atoms with Gasteiger partial charge in [0.2, 0.25) is 0 Å². The fraction of sp³-hybridized carbons (Fsp3) is 0.545. The molecule has 1 rings (SSSR count). The summed E-state index contributed by atoms with van der Waals surface area (Å²) < 4.78 is 5.02. The number of rotatable bonds is 7. The topological polar surface area (TPSA) is 45.6 Å². The zero-order chi connectivity index (χ0) is 12.7. The molecule has 1 aromatic heterocycles. The van der Waals surface area contributed by atoms with Crippen LogP contribution in [0.2, 0.25) is 10.3 Å². The van der Waals surface area contributed by atoms with Gasteiger partial charge in [-0.25, -0.2) is 4.98 Å². The van der Waals surface area contributed by atoms with Gasteiger partial charge in [-0.05, 0) is 17.7 Å². The second-order valence-electron chi connectivity index (χ2n) is 3.61. The highest BCUT2D eigenvalue weighted by molar-refractivity contribution is 6.32. The van der Waals surface area contributed by atoms with Crippen LogP contribution < -0.4 is 0 Å². The predicted octanol–water partition coefficient (Wildman–Crippen LogP) is 1.83. The van der Waals surface area contributed by atoms with Crippen LogP contribution in [0.4, 0.5) is 0 Å². The number of methoxy groups -OCH3 is 1. The van der Waals surface area contributed by atoms with Crippen LogP contribution in [-0.4, -0.2) is 48.4 Å². The Bertz CT molecular complexity index is 330. The SMILES string of the molecule is COCCN(CCO)Cc1cc(Cl)nc(Cl)c1. The Morgan fingerprint density at radius 3 is 2.47 bits per heavy atom. The van der Waals surface area contributed by atoms with Crippen LogP contribution in [0.25, 0.3) is 0 Å². The van der Waals surface area contributed by atoms with Crippen molar-refractivity contribution in [2.24, 2.45) is 0 Å². The molecule has 0 aliphatic carbocycles. The summed E-state index contributed by atoms with van der Waals surface area (Å²) in [5.74, 6) is 0. The molecule has 0 spiro atoms. The third-order valence-electron chi connectivity index (χ3n) is 2.26. The molecule has 0 atom stereocenters. The summed E-state index contributed by atoms with van der Waals surface area (Å²) in [6.07, 6.45) is 0. The van der Waals surface area contributed by atoms with Crippen LogP contribution in [0, 0.1) is 0 Å². The Kier molecular flexibility index (Phi) is 6.77. The normalized spacial score (nSPS) is 11.1. The monoisotopic (exact) mass is 278 g/mol. The van der Waals surface area contributed by atoms with Crippen LogP contribution in [0.5, 0.6) is 0 Å². The summed E-state index contributed by atoms with van der Waals surface area (Å²) in [4.78, 5) is 5.95. The molecule has 1 aromatic rings. The van der Waals surface area contributed by atoms with Gasteiger partial charge in [-0.3, -0.25) is 4.90 Å². The Labute approximate surface area is 111 Å². The maximum atomic E-state index is 8.98. The van der Waals surface area contributed by atoms with E-state index >= 15 is 0 Å². The molecule has 6 heteroatoms. The Hall–Kier alpha value is -0.390. The average molecular weight is 279 g/mol. The molecule has 0 unspecified atom stereocenters. The molecule has 0 aliphatic rings. The second-order valence-corrected chi connectivity index (χ2v) is 4.39. The van der Waals surface area contributed by atoms with Gasteiger partial charge in [-0.15, -0.1) is 0 Å². The molecule has 1 N–H and O–H groups in total. The van der Waals surface area contributed by atoms with Crippen molar-refractivity contribution in [2.75, 3.05) is 33.4 Å². The van der Waals surface area contributed by atoms with Crippen LogP contribution in [0.3, 0.4) is 0 Å². The van der Waals surface area contributed by atoms with Gasteiger partial charge in [0.15, 0.2) is 0 Å². The van der Waals surface area contributed by atoms with Crippen molar-refractivity contribution in [2.45, 2.75) is 6.54 Å². The quantitative estimate of drug-likeness (QED) is 0.773. The van der Waals surface area contributed by atoms with Gasteiger partial charge >= 0.3 is 0 Å². The summed E-state index contributed by atoms with van der Waals surface area (Å²) >= 11 is 11.7. The zero-order valence-electron chi connectivity index (χ0n) is 9.70. The van der Waals surface area contributed by atoms with E-state index in [0.29, 0.717) is 30.0 Å². The van der Waals surface area contributed by atoms with Crippen molar-refractivity contribution < 1.29 is 9.84 Å². The van der Waals surface area contributed by atoms with E-state index in [4.69, 9.17) is 33.0 Å². The molecular weight excluding hydrogens is 263 g/mol. The number of pyridine rings is 1. The molecule has 0 saturated carbocycles.